The van der Waals surface area contributed by atoms with Crippen molar-refractivity contribution in [1.29, 1.82) is 0 Å². The first-order valence-electron chi connectivity index (χ1n) is 10.6. The molecule has 0 bridgehead atoms. The van der Waals surface area contributed by atoms with Gasteiger partial charge in [-0.2, -0.15) is 0 Å². The summed E-state index contributed by atoms with van der Waals surface area (Å²) in [7, 11) is 0. The average Bonchev–Trinajstić information content (AvgIpc) is 3.07. The molecule has 30 heavy (non-hydrogen) atoms. The number of ether oxygens (including phenoxy) is 2. The molecule has 0 aliphatic heterocycles. The average molecular weight is 405 g/mol. The van der Waals surface area contributed by atoms with Crippen LogP contribution in [0.2, 0.25) is 0 Å². The van der Waals surface area contributed by atoms with Gasteiger partial charge in [-0.1, -0.05) is 48.5 Å². The fourth-order valence-electron chi connectivity index (χ4n) is 4.38. The summed E-state index contributed by atoms with van der Waals surface area (Å²) >= 11 is 0. The lowest BCUT2D eigenvalue weighted by molar-refractivity contribution is -0.154. The third kappa shape index (κ3) is 3.97. The molecule has 4 rings (SSSR count). The molecule has 2 atom stereocenters. The Kier molecular flexibility index (Phi) is 5.88. The fraction of sp³-hybridized carbons (Fsp3) is 0.360. The van der Waals surface area contributed by atoms with Crippen LogP contribution in [-0.4, -0.2) is 23.1 Å². The van der Waals surface area contributed by atoms with Gasteiger partial charge < -0.3 is 14.0 Å². The van der Waals surface area contributed by atoms with Crippen LogP contribution in [0, 0.1) is 5.92 Å². The summed E-state index contributed by atoms with van der Waals surface area (Å²) in [6.07, 6.45) is 1.81. The number of rotatable bonds is 6. The Hall–Kier alpha value is -3.08. The van der Waals surface area contributed by atoms with E-state index in [9.17, 15) is 9.59 Å². The number of carbonyl (C=O) groups is 2. The molecule has 1 aromatic heterocycles. The molecular formula is C25H27NO4. The van der Waals surface area contributed by atoms with Crippen molar-refractivity contribution in [3.8, 4) is 0 Å². The molecule has 156 valence electrons. The van der Waals surface area contributed by atoms with Gasteiger partial charge in [-0.25, -0.2) is 0 Å². The van der Waals surface area contributed by atoms with Crippen molar-refractivity contribution in [2.24, 2.45) is 5.92 Å². The van der Waals surface area contributed by atoms with Crippen LogP contribution in [0.5, 0.6) is 0 Å². The molecule has 5 heteroatoms. The summed E-state index contributed by atoms with van der Waals surface area (Å²) < 4.78 is 13.0. The molecule has 1 heterocycles. The predicted octanol–water partition coefficient (Wildman–Crippen LogP) is 4.61. The Bertz CT molecular complexity index is 1050. The zero-order valence-corrected chi connectivity index (χ0v) is 17.5. The van der Waals surface area contributed by atoms with Crippen molar-refractivity contribution in [2.45, 2.75) is 45.8 Å². The summed E-state index contributed by atoms with van der Waals surface area (Å²) in [6.45, 7) is 4.29. The Morgan fingerprint density at radius 2 is 1.83 bits per heavy atom. The molecule has 0 saturated carbocycles. The molecule has 1 unspecified atom stereocenters. The lowest BCUT2D eigenvalue weighted by atomic mass is 9.86. The minimum absolute atomic E-state index is 0.153. The number of fused-ring (bicyclic) bond motifs is 3. The highest BCUT2D eigenvalue weighted by molar-refractivity contribution is 5.88. The van der Waals surface area contributed by atoms with E-state index in [0.29, 0.717) is 19.4 Å². The molecule has 0 N–H and O–H groups in total. The molecule has 1 aliphatic carbocycles. The number of nitrogens with zero attached hydrogens (tertiary/aromatic N) is 1. The smallest absolute Gasteiger partial charge is 0.325 e. The summed E-state index contributed by atoms with van der Waals surface area (Å²) in [5.74, 6) is -0.566. The maximum absolute atomic E-state index is 12.9. The van der Waals surface area contributed by atoms with Gasteiger partial charge in [0, 0.05) is 16.6 Å². The Balaban J connectivity index is 1.56. The first kappa shape index (κ1) is 20.2. The van der Waals surface area contributed by atoms with Crippen LogP contribution in [-0.2, 0) is 38.4 Å². The molecular weight excluding hydrogens is 378 g/mol. The van der Waals surface area contributed by atoms with Crippen molar-refractivity contribution in [2.75, 3.05) is 6.61 Å². The van der Waals surface area contributed by atoms with Crippen LogP contribution in [0.15, 0.2) is 54.6 Å². The standard InChI is InChI=1S/C25H27NO4/c1-3-29-24(27)16-26-22-12-8-7-11-20(22)21-15-19(13-14-23(21)26)25(28)30-17(2)18-9-5-4-6-10-18/h4-12,17,19H,3,13-16H2,1-2H3/t17-,19?/m1/s1. The van der Waals surface area contributed by atoms with Gasteiger partial charge in [-0.3, -0.25) is 9.59 Å². The number of carbonyl (C=O) groups excluding carboxylic acids is 2. The van der Waals surface area contributed by atoms with E-state index in [1.165, 1.54) is 0 Å². The van der Waals surface area contributed by atoms with E-state index >= 15 is 0 Å². The summed E-state index contributed by atoms with van der Waals surface area (Å²) in [4.78, 5) is 25.0. The lowest BCUT2D eigenvalue weighted by Crippen LogP contribution is -2.26. The number of esters is 2. The maximum atomic E-state index is 12.9. The van der Waals surface area contributed by atoms with Gasteiger partial charge in [0.05, 0.1) is 12.5 Å². The van der Waals surface area contributed by atoms with Gasteiger partial charge in [-0.05, 0) is 50.3 Å². The van der Waals surface area contributed by atoms with Crippen LogP contribution in [0.3, 0.4) is 0 Å². The second-order valence-corrected chi connectivity index (χ2v) is 7.76. The van der Waals surface area contributed by atoms with E-state index in [4.69, 9.17) is 9.47 Å². The topological polar surface area (TPSA) is 57.5 Å². The van der Waals surface area contributed by atoms with Gasteiger partial charge in [-0.15, -0.1) is 0 Å². The maximum Gasteiger partial charge on any atom is 0.325 e. The minimum Gasteiger partial charge on any atom is -0.465 e. The molecule has 0 spiro atoms. The van der Waals surface area contributed by atoms with Crippen molar-refractivity contribution in [3.63, 3.8) is 0 Å². The summed E-state index contributed by atoms with van der Waals surface area (Å²) in [5, 5.41) is 1.10. The number of aromatic nitrogens is 1. The zero-order chi connectivity index (χ0) is 21.1. The van der Waals surface area contributed by atoms with Gasteiger partial charge in [0.2, 0.25) is 0 Å². The van der Waals surface area contributed by atoms with Crippen molar-refractivity contribution in [1.82, 2.24) is 4.57 Å². The predicted molar refractivity (Wildman–Crippen MR) is 115 cm³/mol. The van der Waals surface area contributed by atoms with Gasteiger partial charge in [0.15, 0.2) is 0 Å². The monoisotopic (exact) mass is 405 g/mol. The molecule has 3 aromatic rings. The zero-order valence-electron chi connectivity index (χ0n) is 17.5. The largest absolute Gasteiger partial charge is 0.465 e. The second kappa shape index (κ2) is 8.74. The number of hydrogen-bond acceptors (Lipinski definition) is 4. The molecule has 1 aliphatic rings. The summed E-state index contributed by atoms with van der Waals surface area (Å²) in [6, 6.07) is 17.9. The van der Waals surface area contributed by atoms with Gasteiger partial charge in [0.1, 0.15) is 12.6 Å². The fourth-order valence-corrected chi connectivity index (χ4v) is 4.38. The van der Waals surface area contributed by atoms with Crippen LogP contribution in [0.4, 0.5) is 0 Å². The highest BCUT2D eigenvalue weighted by Gasteiger charge is 2.31. The van der Waals surface area contributed by atoms with E-state index in [1.807, 2.05) is 62.4 Å². The Morgan fingerprint density at radius 1 is 1.10 bits per heavy atom. The van der Waals surface area contributed by atoms with E-state index in [2.05, 4.69) is 10.6 Å². The minimum atomic E-state index is -0.273. The van der Waals surface area contributed by atoms with Crippen molar-refractivity contribution in [3.05, 3.63) is 71.4 Å². The number of hydrogen-bond donors (Lipinski definition) is 0. The highest BCUT2D eigenvalue weighted by atomic mass is 16.5. The molecule has 0 fully saturated rings. The third-order valence-corrected chi connectivity index (χ3v) is 5.86. The van der Waals surface area contributed by atoms with Crippen molar-refractivity contribution >= 4 is 22.8 Å². The molecule has 2 aromatic carbocycles. The first-order valence-corrected chi connectivity index (χ1v) is 10.6. The Morgan fingerprint density at radius 3 is 2.60 bits per heavy atom. The molecule has 0 amide bonds. The first-order chi connectivity index (χ1) is 14.6. The van der Waals surface area contributed by atoms with Gasteiger partial charge in [0.25, 0.3) is 0 Å². The lowest BCUT2D eigenvalue weighted by Gasteiger charge is -2.24. The van der Waals surface area contributed by atoms with Crippen LogP contribution in [0.1, 0.15) is 43.2 Å². The van der Waals surface area contributed by atoms with Crippen LogP contribution in [0.25, 0.3) is 10.9 Å². The summed E-state index contributed by atoms with van der Waals surface area (Å²) in [5.41, 5.74) is 4.29. The van der Waals surface area contributed by atoms with E-state index in [1.54, 1.807) is 0 Å². The van der Waals surface area contributed by atoms with E-state index < -0.39 is 0 Å². The molecule has 0 saturated heterocycles. The number of para-hydroxylation sites is 1. The normalized spacial score (nSPS) is 16.7. The van der Waals surface area contributed by atoms with Crippen molar-refractivity contribution < 1.29 is 19.1 Å². The quantitative estimate of drug-likeness (QED) is 0.562. The molecule has 0 radical (unpaired) electrons. The third-order valence-electron chi connectivity index (χ3n) is 5.86. The van der Waals surface area contributed by atoms with Crippen LogP contribution >= 0.6 is 0 Å². The van der Waals surface area contributed by atoms with Gasteiger partial charge >= 0.3 is 11.9 Å². The Labute approximate surface area is 176 Å². The molecule has 5 nitrogen and oxygen atoms in total. The van der Waals surface area contributed by atoms with E-state index in [0.717, 1.165) is 34.1 Å². The van der Waals surface area contributed by atoms with Crippen LogP contribution < -0.4 is 0 Å². The highest BCUT2D eigenvalue weighted by Crippen LogP contribution is 2.35. The number of benzene rings is 2. The van der Waals surface area contributed by atoms with E-state index in [-0.39, 0.29) is 30.5 Å². The second-order valence-electron chi connectivity index (χ2n) is 7.76. The SMILES string of the molecule is CCOC(=O)Cn1c2c(c3ccccc31)CC(C(=O)O[C@H](C)c1ccccc1)CC2.